The molecule has 8 nitrogen and oxygen atoms in total. The van der Waals surface area contributed by atoms with Crippen molar-refractivity contribution in [1.82, 2.24) is 15.0 Å². The normalized spacial score (nSPS) is 12.9. The van der Waals surface area contributed by atoms with Gasteiger partial charge in [0, 0.05) is 12.2 Å². The number of nitrogens with zero attached hydrogens (tertiary/aromatic N) is 5. The van der Waals surface area contributed by atoms with Crippen molar-refractivity contribution in [3.05, 3.63) is 70.5 Å². The third-order valence-corrected chi connectivity index (χ3v) is 5.60. The molecule has 0 spiro atoms. The molecular weight excluding hydrogens is 376 g/mol. The number of rotatable bonds is 4. The van der Waals surface area contributed by atoms with Crippen molar-refractivity contribution in [3.8, 4) is 0 Å². The van der Waals surface area contributed by atoms with Crippen LogP contribution in [0.2, 0.25) is 0 Å². The van der Waals surface area contributed by atoms with Gasteiger partial charge in [0.25, 0.3) is 0 Å². The highest BCUT2D eigenvalue weighted by Gasteiger charge is 2.31. The Labute approximate surface area is 163 Å². The Hall–Kier alpha value is -3.59. The molecule has 0 bridgehead atoms. The van der Waals surface area contributed by atoms with E-state index in [1.807, 2.05) is 53.4 Å². The number of thiazole rings is 1. The fourth-order valence-electron chi connectivity index (χ4n) is 3.41. The number of hydrogen-bond donors (Lipinski definition) is 1. The molecule has 5 rings (SSSR count). The smallest absolute Gasteiger partial charge is 0.320 e. The fourth-order valence-corrected chi connectivity index (χ4v) is 4.28. The van der Waals surface area contributed by atoms with Crippen LogP contribution in [0.5, 0.6) is 0 Å². The zero-order valence-corrected chi connectivity index (χ0v) is 15.4. The van der Waals surface area contributed by atoms with Gasteiger partial charge in [0.05, 0.1) is 15.1 Å². The number of para-hydroxylation sites is 2. The number of fused-ring (bicyclic) bond motifs is 2. The van der Waals surface area contributed by atoms with E-state index >= 15 is 0 Å². The fraction of sp³-hybridized carbons (Fsp3) is 0.105. The van der Waals surface area contributed by atoms with E-state index in [9.17, 15) is 10.1 Å². The van der Waals surface area contributed by atoms with Crippen molar-refractivity contribution in [2.45, 2.75) is 6.42 Å². The number of hydrogen-bond acceptors (Lipinski definition) is 8. The third-order valence-electron chi connectivity index (χ3n) is 4.65. The molecule has 4 aromatic rings. The molecule has 28 heavy (non-hydrogen) atoms. The van der Waals surface area contributed by atoms with Gasteiger partial charge in [-0.25, -0.2) is 15.0 Å². The van der Waals surface area contributed by atoms with Crippen LogP contribution in [0.1, 0.15) is 5.56 Å². The van der Waals surface area contributed by atoms with Crippen LogP contribution in [0.25, 0.3) is 10.2 Å². The molecule has 1 N–H and O–H groups in total. The Kier molecular flexibility index (Phi) is 3.87. The van der Waals surface area contributed by atoms with Gasteiger partial charge in [0.15, 0.2) is 5.13 Å². The summed E-state index contributed by atoms with van der Waals surface area (Å²) >= 11 is 1.42. The molecule has 1 aliphatic heterocycles. The lowest BCUT2D eigenvalue weighted by Gasteiger charge is -2.18. The van der Waals surface area contributed by atoms with Crippen molar-refractivity contribution in [1.29, 1.82) is 0 Å². The second-order valence-corrected chi connectivity index (χ2v) is 7.32. The number of nitro groups is 1. The second kappa shape index (κ2) is 6.54. The first-order valence-corrected chi connectivity index (χ1v) is 9.50. The van der Waals surface area contributed by atoms with E-state index in [4.69, 9.17) is 0 Å². The van der Waals surface area contributed by atoms with E-state index in [0.29, 0.717) is 11.7 Å². The predicted octanol–water partition coefficient (Wildman–Crippen LogP) is 4.43. The van der Waals surface area contributed by atoms with Crippen molar-refractivity contribution in [2.75, 3.05) is 16.8 Å². The Balaban J connectivity index is 1.58. The first-order chi connectivity index (χ1) is 13.7. The summed E-state index contributed by atoms with van der Waals surface area (Å²) in [6.45, 7) is 0.637. The van der Waals surface area contributed by atoms with Crippen LogP contribution >= 0.6 is 11.3 Å². The Morgan fingerprint density at radius 3 is 2.79 bits per heavy atom. The predicted molar refractivity (Wildman–Crippen MR) is 109 cm³/mol. The van der Waals surface area contributed by atoms with E-state index in [1.54, 1.807) is 0 Å². The van der Waals surface area contributed by atoms with Gasteiger partial charge in [0.2, 0.25) is 11.6 Å². The lowest BCUT2D eigenvalue weighted by Crippen LogP contribution is -2.17. The lowest BCUT2D eigenvalue weighted by atomic mass is 10.2. The molecule has 0 unspecified atom stereocenters. The SMILES string of the molecule is O=[N+]([O-])c1c(Nc2nc3ccccc3s2)ncnc1N1CCc2ccccc21. The van der Waals surface area contributed by atoms with Crippen molar-refractivity contribution < 1.29 is 4.92 Å². The van der Waals surface area contributed by atoms with Crippen LogP contribution in [0.4, 0.5) is 28.1 Å². The molecule has 9 heteroatoms. The van der Waals surface area contributed by atoms with Gasteiger partial charge in [0.1, 0.15) is 6.33 Å². The quantitative estimate of drug-likeness (QED) is 0.406. The molecule has 0 fully saturated rings. The van der Waals surface area contributed by atoms with Crippen molar-refractivity contribution in [2.24, 2.45) is 0 Å². The van der Waals surface area contributed by atoms with Crippen LogP contribution in [-0.2, 0) is 6.42 Å². The maximum atomic E-state index is 11.9. The number of benzene rings is 2. The largest absolute Gasteiger partial charge is 0.354 e. The highest BCUT2D eigenvalue weighted by atomic mass is 32.1. The maximum absolute atomic E-state index is 11.9. The number of nitrogens with one attached hydrogen (secondary N) is 1. The van der Waals surface area contributed by atoms with Gasteiger partial charge in [-0.2, -0.15) is 0 Å². The summed E-state index contributed by atoms with van der Waals surface area (Å²) in [6, 6.07) is 15.6. The molecule has 2 aromatic carbocycles. The van der Waals surface area contributed by atoms with Gasteiger partial charge in [-0.1, -0.05) is 41.7 Å². The second-order valence-electron chi connectivity index (χ2n) is 6.29. The lowest BCUT2D eigenvalue weighted by molar-refractivity contribution is -0.383. The van der Waals surface area contributed by atoms with Crippen molar-refractivity contribution >= 4 is 49.7 Å². The zero-order valence-electron chi connectivity index (χ0n) is 14.6. The molecule has 0 aliphatic carbocycles. The summed E-state index contributed by atoms with van der Waals surface area (Å²) in [7, 11) is 0. The number of aromatic nitrogens is 3. The summed E-state index contributed by atoms with van der Waals surface area (Å²) in [5.74, 6) is 0.423. The summed E-state index contributed by atoms with van der Waals surface area (Å²) < 4.78 is 0.996. The molecular formula is C19H14N6O2S. The molecule has 0 radical (unpaired) electrons. The molecule has 138 valence electrons. The summed E-state index contributed by atoms with van der Waals surface area (Å²) in [6.07, 6.45) is 2.16. The van der Waals surface area contributed by atoms with Gasteiger partial charge in [-0.15, -0.1) is 0 Å². The van der Waals surface area contributed by atoms with E-state index in [-0.39, 0.29) is 17.3 Å². The summed E-state index contributed by atoms with van der Waals surface area (Å²) in [5, 5.41) is 15.5. The minimum Gasteiger partial charge on any atom is -0.320 e. The van der Waals surface area contributed by atoms with Gasteiger partial charge in [-0.3, -0.25) is 10.1 Å². The maximum Gasteiger partial charge on any atom is 0.354 e. The van der Waals surface area contributed by atoms with Gasteiger partial charge < -0.3 is 10.2 Å². The highest BCUT2D eigenvalue weighted by Crippen LogP contribution is 2.41. The first-order valence-electron chi connectivity index (χ1n) is 8.68. The summed E-state index contributed by atoms with van der Waals surface area (Å²) in [5.41, 5.74) is 2.77. The Morgan fingerprint density at radius 1 is 1.11 bits per heavy atom. The van der Waals surface area contributed by atoms with E-state index in [0.717, 1.165) is 27.9 Å². The van der Waals surface area contributed by atoms with E-state index < -0.39 is 4.92 Å². The van der Waals surface area contributed by atoms with E-state index in [1.165, 1.54) is 17.7 Å². The van der Waals surface area contributed by atoms with Crippen LogP contribution in [-0.4, -0.2) is 26.4 Å². The molecule has 0 atom stereocenters. The van der Waals surface area contributed by atoms with Crippen molar-refractivity contribution in [3.63, 3.8) is 0 Å². The molecule has 3 heterocycles. The topological polar surface area (TPSA) is 97.1 Å². The molecule has 0 saturated carbocycles. The van der Waals surface area contributed by atoms with Crippen LogP contribution in [0.15, 0.2) is 54.9 Å². The molecule has 0 saturated heterocycles. The first kappa shape index (κ1) is 16.6. The minimum absolute atomic E-state index is 0.137. The Morgan fingerprint density at radius 2 is 1.93 bits per heavy atom. The minimum atomic E-state index is -0.439. The monoisotopic (exact) mass is 390 g/mol. The molecule has 1 aliphatic rings. The standard InChI is InChI=1S/C19H14N6O2S/c26-25(27)16-17(23-19-22-13-6-2-4-8-15(13)28-19)20-11-21-18(16)24-10-9-12-5-1-3-7-14(12)24/h1-8,11H,9-10H2,(H,20,21,22,23). The van der Waals surface area contributed by atoms with Crippen LogP contribution in [0, 0.1) is 10.1 Å². The van der Waals surface area contributed by atoms with Gasteiger partial charge >= 0.3 is 5.69 Å². The summed E-state index contributed by atoms with van der Waals surface area (Å²) in [4.78, 5) is 26.2. The molecule has 2 aromatic heterocycles. The van der Waals surface area contributed by atoms with Crippen LogP contribution < -0.4 is 10.2 Å². The third kappa shape index (κ3) is 2.72. The number of anilines is 4. The van der Waals surface area contributed by atoms with Gasteiger partial charge in [-0.05, 0) is 30.2 Å². The Bertz CT molecular complexity index is 1170. The highest BCUT2D eigenvalue weighted by molar-refractivity contribution is 7.22. The average Bonchev–Trinajstić information content (AvgIpc) is 3.31. The zero-order chi connectivity index (χ0) is 19.1. The van der Waals surface area contributed by atoms with Crippen LogP contribution in [0.3, 0.4) is 0 Å². The molecule has 0 amide bonds. The average molecular weight is 390 g/mol. The van der Waals surface area contributed by atoms with E-state index in [2.05, 4.69) is 20.3 Å².